The second kappa shape index (κ2) is 5.59. The molecule has 1 saturated heterocycles. The monoisotopic (exact) mass is 268 g/mol. The summed E-state index contributed by atoms with van der Waals surface area (Å²) in [7, 11) is 0. The zero-order chi connectivity index (χ0) is 13.1. The molecule has 2 rings (SSSR count). The molecule has 1 fully saturated rings. The van der Waals surface area contributed by atoms with Crippen molar-refractivity contribution in [3.63, 3.8) is 0 Å². The first-order chi connectivity index (χ1) is 8.56. The van der Waals surface area contributed by atoms with E-state index in [1.807, 2.05) is 6.07 Å². The topological polar surface area (TPSA) is 64.3 Å². The molecule has 0 aromatic heterocycles. The Morgan fingerprint density at radius 1 is 1.56 bits per heavy atom. The van der Waals surface area contributed by atoms with Gasteiger partial charge >= 0.3 is 0 Å². The molecule has 1 aromatic carbocycles. The van der Waals surface area contributed by atoms with E-state index in [1.165, 1.54) is 0 Å². The fourth-order valence-electron chi connectivity index (χ4n) is 2.17. The van der Waals surface area contributed by atoms with Gasteiger partial charge in [0.25, 0.3) is 0 Å². The zero-order valence-electron chi connectivity index (χ0n) is 10.3. The van der Waals surface area contributed by atoms with Crippen molar-refractivity contribution in [2.75, 3.05) is 11.9 Å². The predicted molar refractivity (Wildman–Crippen MR) is 72.0 cm³/mol. The Labute approximate surface area is 111 Å². The maximum Gasteiger partial charge on any atom is 0.250 e. The van der Waals surface area contributed by atoms with Crippen LogP contribution in [-0.4, -0.2) is 24.7 Å². The van der Waals surface area contributed by atoms with E-state index in [0.717, 1.165) is 25.1 Å². The van der Waals surface area contributed by atoms with Crippen molar-refractivity contribution in [1.82, 2.24) is 0 Å². The molecule has 1 aromatic rings. The Hall–Kier alpha value is -1.26. The normalized spacial score (nSPS) is 23.7. The van der Waals surface area contributed by atoms with Gasteiger partial charge in [0.05, 0.1) is 16.7 Å². The molecule has 1 aliphatic heterocycles. The lowest BCUT2D eigenvalue weighted by Crippen LogP contribution is -2.32. The molecule has 0 aliphatic carbocycles. The van der Waals surface area contributed by atoms with Gasteiger partial charge < -0.3 is 15.8 Å². The van der Waals surface area contributed by atoms with Crippen molar-refractivity contribution in [3.8, 4) is 0 Å². The number of amides is 1. The molecule has 4 nitrogen and oxygen atoms in total. The van der Waals surface area contributed by atoms with E-state index in [9.17, 15) is 4.79 Å². The van der Waals surface area contributed by atoms with Gasteiger partial charge in [-0.15, -0.1) is 0 Å². The maximum absolute atomic E-state index is 11.2. The first-order valence-electron chi connectivity index (χ1n) is 6.03. The molecule has 2 atom stereocenters. The summed E-state index contributed by atoms with van der Waals surface area (Å²) in [6.07, 6.45) is 2.17. The standard InChI is InChI=1S/C13H17ClN2O2/c1-8-6-10(4-5-18-8)16-9-2-3-12(14)11(7-9)13(15)17/h2-3,7-8,10,16H,4-6H2,1H3,(H2,15,17). The summed E-state index contributed by atoms with van der Waals surface area (Å²) in [4.78, 5) is 11.2. The molecule has 0 bridgehead atoms. The number of benzene rings is 1. The number of primary amides is 1. The number of nitrogens with two attached hydrogens (primary N) is 1. The van der Waals surface area contributed by atoms with Crippen LogP contribution in [0.4, 0.5) is 5.69 Å². The molecule has 1 heterocycles. The SMILES string of the molecule is CC1CC(Nc2ccc(Cl)c(C(N)=O)c2)CCO1. The Kier molecular flexibility index (Phi) is 4.09. The average molecular weight is 269 g/mol. The van der Waals surface area contributed by atoms with Gasteiger partial charge in [0, 0.05) is 18.3 Å². The van der Waals surface area contributed by atoms with Gasteiger partial charge in [0.2, 0.25) is 5.91 Å². The fraction of sp³-hybridized carbons (Fsp3) is 0.462. The Bertz CT molecular complexity index is 451. The third kappa shape index (κ3) is 3.15. The van der Waals surface area contributed by atoms with Crippen molar-refractivity contribution >= 4 is 23.2 Å². The molecule has 0 radical (unpaired) electrons. The number of carbonyl (C=O) groups is 1. The molecule has 18 heavy (non-hydrogen) atoms. The number of anilines is 1. The molecular formula is C13H17ClN2O2. The lowest BCUT2D eigenvalue weighted by atomic mass is 10.0. The van der Waals surface area contributed by atoms with E-state index >= 15 is 0 Å². The lowest BCUT2D eigenvalue weighted by molar-refractivity contribution is 0.0232. The van der Waals surface area contributed by atoms with E-state index in [0.29, 0.717) is 16.6 Å². The smallest absolute Gasteiger partial charge is 0.250 e. The quantitative estimate of drug-likeness (QED) is 0.885. The number of halogens is 1. The van der Waals surface area contributed by atoms with Crippen LogP contribution < -0.4 is 11.1 Å². The van der Waals surface area contributed by atoms with E-state index in [4.69, 9.17) is 22.1 Å². The number of carbonyl (C=O) groups excluding carboxylic acids is 1. The predicted octanol–water partition coefficient (Wildman–Crippen LogP) is 2.42. The molecule has 1 amide bonds. The molecule has 0 saturated carbocycles. The van der Waals surface area contributed by atoms with Crippen LogP contribution in [0.25, 0.3) is 0 Å². The lowest BCUT2D eigenvalue weighted by Gasteiger charge is -2.28. The summed E-state index contributed by atoms with van der Waals surface area (Å²) >= 11 is 5.91. The molecule has 0 spiro atoms. The Morgan fingerprint density at radius 2 is 2.33 bits per heavy atom. The van der Waals surface area contributed by atoms with Crippen molar-refractivity contribution in [3.05, 3.63) is 28.8 Å². The van der Waals surface area contributed by atoms with E-state index in [2.05, 4.69) is 12.2 Å². The summed E-state index contributed by atoms with van der Waals surface area (Å²) in [6.45, 7) is 2.82. The van der Waals surface area contributed by atoms with Crippen LogP contribution in [0.1, 0.15) is 30.1 Å². The number of nitrogens with one attached hydrogen (secondary N) is 1. The van der Waals surface area contributed by atoms with E-state index in [-0.39, 0.29) is 6.10 Å². The summed E-state index contributed by atoms with van der Waals surface area (Å²) in [5.74, 6) is -0.510. The highest BCUT2D eigenvalue weighted by atomic mass is 35.5. The number of hydrogen-bond donors (Lipinski definition) is 2. The minimum absolute atomic E-state index is 0.263. The summed E-state index contributed by atoms with van der Waals surface area (Å²) in [6, 6.07) is 5.60. The van der Waals surface area contributed by atoms with Gasteiger partial charge in [-0.25, -0.2) is 0 Å². The minimum atomic E-state index is -0.510. The third-order valence-electron chi connectivity index (χ3n) is 3.09. The summed E-state index contributed by atoms with van der Waals surface area (Å²) < 4.78 is 5.49. The second-order valence-electron chi connectivity index (χ2n) is 4.61. The average Bonchev–Trinajstić information content (AvgIpc) is 2.31. The van der Waals surface area contributed by atoms with Crippen LogP contribution >= 0.6 is 11.6 Å². The largest absolute Gasteiger partial charge is 0.382 e. The molecular weight excluding hydrogens is 252 g/mol. The van der Waals surface area contributed by atoms with Crippen LogP contribution in [0.5, 0.6) is 0 Å². The van der Waals surface area contributed by atoms with E-state index in [1.54, 1.807) is 12.1 Å². The first kappa shape index (κ1) is 13.2. The van der Waals surface area contributed by atoms with Gasteiger partial charge in [-0.1, -0.05) is 11.6 Å². The van der Waals surface area contributed by atoms with Crippen LogP contribution in [0.15, 0.2) is 18.2 Å². The van der Waals surface area contributed by atoms with Gasteiger partial charge in [-0.3, -0.25) is 4.79 Å². The van der Waals surface area contributed by atoms with Gasteiger partial charge in [-0.2, -0.15) is 0 Å². The highest BCUT2D eigenvalue weighted by Crippen LogP contribution is 2.23. The second-order valence-corrected chi connectivity index (χ2v) is 5.01. The van der Waals surface area contributed by atoms with Crippen molar-refractivity contribution < 1.29 is 9.53 Å². The van der Waals surface area contributed by atoms with Crippen LogP contribution in [0.3, 0.4) is 0 Å². The summed E-state index contributed by atoms with van der Waals surface area (Å²) in [5, 5.41) is 3.77. The third-order valence-corrected chi connectivity index (χ3v) is 3.42. The van der Waals surface area contributed by atoms with Crippen molar-refractivity contribution in [2.45, 2.75) is 31.9 Å². The van der Waals surface area contributed by atoms with Crippen molar-refractivity contribution in [2.24, 2.45) is 5.73 Å². The molecule has 2 unspecified atom stereocenters. The van der Waals surface area contributed by atoms with Crippen LogP contribution in [0, 0.1) is 0 Å². The zero-order valence-corrected chi connectivity index (χ0v) is 11.0. The maximum atomic E-state index is 11.2. The van der Waals surface area contributed by atoms with Crippen LogP contribution in [0.2, 0.25) is 5.02 Å². The summed E-state index contributed by atoms with van der Waals surface area (Å²) in [5.41, 5.74) is 6.48. The Balaban J connectivity index is 2.09. The van der Waals surface area contributed by atoms with Crippen LogP contribution in [-0.2, 0) is 4.74 Å². The molecule has 5 heteroatoms. The van der Waals surface area contributed by atoms with Gasteiger partial charge in [0.1, 0.15) is 0 Å². The van der Waals surface area contributed by atoms with Crippen molar-refractivity contribution in [1.29, 1.82) is 0 Å². The number of rotatable bonds is 3. The van der Waals surface area contributed by atoms with Gasteiger partial charge in [-0.05, 0) is 38.0 Å². The number of ether oxygens (including phenoxy) is 1. The molecule has 3 N–H and O–H groups in total. The number of hydrogen-bond acceptors (Lipinski definition) is 3. The van der Waals surface area contributed by atoms with E-state index < -0.39 is 5.91 Å². The Morgan fingerprint density at radius 3 is 3.00 bits per heavy atom. The highest BCUT2D eigenvalue weighted by Gasteiger charge is 2.19. The van der Waals surface area contributed by atoms with Gasteiger partial charge in [0.15, 0.2) is 0 Å². The molecule has 98 valence electrons. The highest BCUT2D eigenvalue weighted by molar-refractivity contribution is 6.33. The first-order valence-corrected chi connectivity index (χ1v) is 6.41. The minimum Gasteiger partial charge on any atom is -0.382 e. The molecule has 1 aliphatic rings. The fourth-order valence-corrected chi connectivity index (χ4v) is 2.38.